The number of benzene rings is 1. The zero-order chi connectivity index (χ0) is 10.1. The molecule has 0 spiro atoms. The Morgan fingerprint density at radius 2 is 2.29 bits per heavy atom. The summed E-state index contributed by atoms with van der Waals surface area (Å²) in [6.07, 6.45) is 1.59. The second kappa shape index (κ2) is 2.95. The van der Waals surface area contributed by atoms with E-state index < -0.39 is 5.91 Å². The summed E-state index contributed by atoms with van der Waals surface area (Å²) >= 11 is 0. The Labute approximate surface area is 78.9 Å². The molecule has 2 aromatic rings. The minimum atomic E-state index is -0.590. The van der Waals surface area contributed by atoms with Gasteiger partial charge in [-0.25, -0.2) is 5.53 Å². The Bertz CT molecular complexity index is 516. The normalized spacial score (nSPS) is 10.3. The van der Waals surface area contributed by atoms with E-state index >= 15 is 0 Å². The third kappa shape index (κ3) is 1.15. The summed E-state index contributed by atoms with van der Waals surface area (Å²) in [4.78, 5) is 13.7. The molecule has 1 amide bonds. The van der Waals surface area contributed by atoms with Crippen molar-refractivity contribution in [2.45, 2.75) is 0 Å². The van der Waals surface area contributed by atoms with Gasteiger partial charge in [0.15, 0.2) is 5.88 Å². The Morgan fingerprint density at radius 1 is 1.50 bits per heavy atom. The Balaban J connectivity index is 2.62. The smallest absolute Gasteiger partial charge is 0.294 e. The fourth-order valence-electron chi connectivity index (χ4n) is 1.32. The van der Waals surface area contributed by atoms with Gasteiger partial charge in [-0.2, -0.15) is 0 Å². The van der Waals surface area contributed by atoms with Gasteiger partial charge in [-0.15, -0.1) is 5.11 Å². The molecule has 5 nitrogen and oxygen atoms in total. The van der Waals surface area contributed by atoms with E-state index in [1.54, 1.807) is 18.3 Å². The predicted octanol–water partition coefficient (Wildman–Crippen LogP) is 2.04. The number of aromatic nitrogens is 1. The molecule has 0 saturated carbocycles. The van der Waals surface area contributed by atoms with Crippen LogP contribution in [0.5, 0.6) is 5.88 Å². The van der Waals surface area contributed by atoms with E-state index in [1.165, 1.54) is 6.07 Å². The van der Waals surface area contributed by atoms with Crippen LogP contribution in [0, 0.1) is 5.53 Å². The van der Waals surface area contributed by atoms with Gasteiger partial charge in [0.25, 0.3) is 5.91 Å². The molecule has 1 aromatic carbocycles. The van der Waals surface area contributed by atoms with Crippen LogP contribution in [0.2, 0.25) is 0 Å². The van der Waals surface area contributed by atoms with Crippen molar-refractivity contribution in [3.05, 3.63) is 30.0 Å². The monoisotopic (exact) mass is 189 g/mol. The number of carbonyl (C=O) groups excluding carboxylic acids is 1. The number of hydrogen-bond donors (Lipinski definition) is 3. The lowest BCUT2D eigenvalue weighted by Crippen LogP contribution is -1.91. The van der Waals surface area contributed by atoms with Gasteiger partial charge in [-0.3, -0.25) is 4.79 Å². The van der Waals surface area contributed by atoms with Crippen LogP contribution in [0.4, 0.5) is 0 Å². The van der Waals surface area contributed by atoms with Crippen molar-refractivity contribution in [2.75, 3.05) is 0 Å². The molecule has 14 heavy (non-hydrogen) atoms. The number of aromatic amines is 1. The first kappa shape index (κ1) is 8.43. The standard InChI is InChI=1S/C9H7N3O2/c10-12-8(13)5-1-2-7-6(3-5)4-11-9(7)14/h1-4,10-11,14H. The number of hydrogen-bond acceptors (Lipinski definition) is 3. The van der Waals surface area contributed by atoms with E-state index in [0.717, 1.165) is 5.39 Å². The first-order chi connectivity index (χ1) is 6.72. The molecular weight excluding hydrogens is 182 g/mol. The lowest BCUT2D eigenvalue weighted by molar-refractivity contribution is 0.0991. The third-order valence-corrected chi connectivity index (χ3v) is 2.02. The van der Waals surface area contributed by atoms with Crippen LogP contribution in [0.3, 0.4) is 0 Å². The molecule has 0 aliphatic rings. The van der Waals surface area contributed by atoms with E-state index in [9.17, 15) is 9.90 Å². The summed E-state index contributed by atoms with van der Waals surface area (Å²) in [7, 11) is 0. The Kier molecular flexibility index (Phi) is 1.78. The van der Waals surface area contributed by atoms with Crippen LogP contribution < -0.4 is 0 Å². The third-order valence-electron chi connectivity index (χ3n) is 2.02. The van der Waals surface area contributed by atoms with Gasteiger partial charge in [0.1, 0.15) is 0 Å². The number of H-pyrrole nitrogens is 1. The maximum Gasteiger partial charge on any atom is 0.294 e. The molecule has 0 fully saturated rings. The highest BCUT2D eigenvalue weighted by atomic mass is 16.3. The Hall–Kier alpha value is -2.17. The maximum absolute atomic E-state index is 11.0. The highest BCUT2D eigenvalue weighted by Gasteiger charge is 2.07. The fourth-order valence-corrected chi connectivity index (χ4v) is 1.32. The van der Waals surface area contributed by atoms with Gasteiger partial charge in [-0.05, 0) is 18.2 Å². The fraction of sp³-hybridized carbons (Fsp3) is 0. The molecule has 0 bridgehead atoms. The number of amides is 1. The first-order valence-corrected chi connectivity index (χ1v) is 3.94. The molecule has 70 valence electrons. The summed E-state index contributed by atoms with van der Waals surface area (Å²) in [5, 5.41) is 13.5. The molecule has 5 heteroatoms. The zero-order valence-corrected chi connectivity index (χ0v) is 7.11. The van der Waals surface area contributed by atoms with Gasteiger partial charge in [-0.1, -0.05) is 0 Å². The van der Waals surface area contributed by atoms with Crippen molar-refractivity contribution >= 4 is 16.7 Å². The SMILES string of the molecule is N=NC(=O)c1ccc2c(O)[nH]cc2c1. The van der Waals surface area contributed by atoms with E-state index in [2.05, 4.69) is 10.1 Å². The van der Waals surface area contributed by atoms with Crippen LogP contribution >= 0.6 is 0 Å². The van der Waals surface area contributed by atoms with E-state index in [1.807, 2.05) is 0 Å². The molecule has 1 aromatic heterocycles. The van der Waals surface area contributed by atoms with Crippen molar-refractivity contribution in [3.63, 3.8) is 0 Å². The number of carbonyl (C=O) groups is 1. The summed E-state index contributed by atoms with van der Waals surface area (Å²) < 4.78 is 0. The van der Waals surface area contributed by atoms with Crippen LogP contribution in [0.1, 0.15) is 10.4 Å². The average molecular weight is 189 g/mol. The van der Waals surface area contributed by atoms with Gasteiger partial charge in [0.05, 0.1) is 0 Å². The van der Waals surface area contributed by atoms with Gasteiger partial charge >= 0.3 is 0 Å². The summed E-state index contributed by atoms with van der Waals surface area (Å²) in [6, 6.07) is 4.71. The molecule has 3 N–H and O–H groups in total. The Morgan fingerprint density at radius 3 is 3.00 bits per heavy atom. The number of nitrogens with one attached hydrogen (secondary N) is 2. The van der Waals surface area contributed by atoms with Crippen molar-refractivity contribution in [2.24, 2.45) is 5.11 Å². The average Bonchev–Trinajstić information content (AvgIpc) is 2.59. The summed E-state index contributed by atoms with van der Waals surface area (Å²) in [6.45, 7) is 0. The van der Waals surface area contributed by atoms with Crippen molar-refractivity contribution in [1.82, 2.24) is 4.98 Å². The second-order valence-electron chi connectivity index (χ2n) is 2.86. The van der Waals surface area contributed by atoms with Gasteiger partial charge in [0.2, 0.25) is 0 Å². The number of fused-ring (bicyclic) bond motifs is 1. The number of nitrogens with zero attached hydrogens (tertiary/aromatic N) is 1. The minimum absolute atomic E-state index is 0.0711. The quantitative estimate of drug-likeness (QED) is 0.599. The number of aromatic hydroxyl groups is 1. The topological polar surface area (TPSA) is 89.3 Å². The molecule has 1 heterocycles. The lowest BCUT2D eigenvalue weighted by Gasteiger charge is -1.94. The first-order valence-electron chi connectivity index (χ1n) is 3.94. The van der Waals surface area contributed by atoms with E-state index in [4.69, 9.17) is 5.53 Å². The van der Waals surface area contributed by atoms with Crippen molar-refractivity contribution in [3.8, 4) is 5.88 Å². The van der Waals surface area contributed by atoms with E-state index in [-0.39, 0.29) is 5.88 Å². The van der Waals surface area contributed by atoms with Crippen molar-refractivity contribution in [1.29, 1.82) is 5.53 Å². The van der Waals surface area contributed by atoms with E-state index in [0.29, 0.717) is 10.9 Å². The molecule has 2 rings (SSSR count). The molecule has 0 aliphatic carbocycles. The highest BCUT2D eigenvalue weighted by Crippen LogP contribution is 2.24. The predicted molar refractivity (Wildman–Crippen MR) is 49.4 cm³/mol. The van der Waals surface area contributed by atoms with Crippen LogP contribution in [-0.4, -0.2) is 16.0 Å². The molecule has 0 saturated heterocycles. The molecule has 0 unspecified atom stereocenters. The summed E-state index contributed by atoms with van der Waals surface area (Å²) in [5.41, 5.74) is 6.92. The lowest BCUT2D eigenvalue weighted by atomic mass is 10.1. The highest BCUT2D eigenvalue weighted by molar-refractivity contribution is 5.99. The molecule has 0 aliphatic heterocycles. The zero-order valence-electron chi connectivity index (χ0n) is 7.11. The van der Waals surface area contributed by atoms with Crippen LogP contribution in [0.25, 0.3) is 10.8 Å². The molecule has 0 atom stereocenters. The largest absolute Gasteiger partial charge is 0.494 e. The van der Waals surface area contributed by atoms with Gasteiger partial charge in [0, 0.05) is 22.5 Å². The molecule has 0 radical (unpaired) electrons. The minimum Gasteiger partial charge on any atom is -0.494 e. The van der Waals surface area contributed by atoms with Crippen LogP contribution in [-0.2, 0) is 0 Å². The van der Waals surface area contributed by atoms with Gasteiger partial charge < -0.3 is 10.1 Å². The van der Waals surface area contributed by atoms with Crippen LogP contribution in [0.15, 0.2) is 29.5 Å². The maximum atomic E-state index is 11.0. The summed E-state index contributed by atoms with van der Waals surface area (Å²) in [5.74, 6) is -0.519. The van der Waals surface area contributed by atoms with Crippen molar-refractivity contribution < 1.29 is 9.90 Å². The molecular formula is C9H7N3O2. The second-order valence-corrected chi connectivity index (χ2v) is 2.86. The number of rotatable bonds is 1.